The first kappa shape index (κ1) is 21.0. The Balaban J connectivity index is 2.08. The van der Waals surface area contributed by atoms with Gasteiger partial charge in [0.15, 0.2) is 0 Å². The number of hydrogen-bond donors (Lipinski definition) is 2. The lowest BCUT2D eigenvalue weighted by molar-refractivity contribution is -0.139. The number of amides is 2. The normalized spacial score (nSPS) is 12.2. The number of carbonyl (C=O) groups is 2. The molecular formula is C22H26N4O2. The van der Waals surface area contributed by atoms with E-state index in [4.69, 9.17) is 0 Å². The van der Waals surface area contributed by atoms with E-state index in [9.17, 15) is 9.59 Å². The van der Waals surface area contributed by atoms with E-state index in [2.05, 4.69) is 21.1 Å². The Morgan fingerprint density at radius 2 is 0.964 bits per heavy atom. The number of hydrogen-bond acceptors (Lipinski definition) is 4. The van der Waals surface area contributed by atoms with Crippen LogP contribution in [0.1, 0.15) is 38.8 Å². The van der Waals surface area contributed by atoms with E-state index in [1.165, 1.54) is 0 Å². The maximum atomic E-state index is 12.1. The Morgan fingerprint density at radius 1 is 0.643 bits per heavy atom. The molecule has 146 valence electrons. The zero-order valence-electron chi connectivity index (χ0n) is 16.6. The van der Waals surface area contributed by atoms with Crippen molar-refractivity contribution in [2.45, 2.75) is 27.7 Å². The number of benzene rings is 2. The fourth-order valence-corrected chi connectivity index (χ4v) is 2.60. The van der Waals surface area contributed by atoms with Gasteiger partial charge in [0.25, 0.3) is 0 Å². The Hall–Kier alpha value is -3.28. The SMILES string of the molecule is CC(C)C(=NNC(=O)C(=O)NN=C(c1ccccc1)C(C)C)c1ccccc1. The summed E-state index contributed by atoms with van der Waals surface area (Å²) in [7, 11) is 0. The van der Waals surface area contributed by atoms with Gasteiger partial charge in [0, 0.05) is 0 Å². The van der Waals surface area contributed by atoms with Crippen molar-refractivity contribution in [3.8, 4) is 0 Å². The van der Waals surface area contributed by atoms with Gasteiger partial charge in [-0.2, -0.15) is 10.2 Å². The van der Waals surface area contributed by atoms with Crippen molar-refractivity contribution in [1.82, 2.24) is 10.9 Å². The molecule has 0 bridgehead atoms. The molecule has 2 aromatic carbocycles. The van der Waals surface area contributed by atoms with Gasteiger partial charge >= 0.3 is 11.8 Å². The molecule has 6 nitrogen and oxygen atoms in total. The first-order valence-electron chi connectivity index (χ1n) is 9.26. The van der Waals surface area contributed by atoms with E-state index < -0.39 is 11.8 Å². The van der Waals surface area contributed by atoms with E-state index >= 15 is 0 Å². The average molecular weight is 378 g/mol. The molecular weight excluding hydrogens is 352 g/mol. The topological polar surface area (TPSA) is 82.9 Å². The lowest BCUT2D eigenvalue weighted by atomic mass is 10.0. The van der Waals surface area contributed by atoms with Gasteiger partial charge in [-0.3, -0.25) is 9.59 Å². The van der Waals surface area contributed by atoms with E-state index in [0.717, 1.165) is 11.1 Å². The number of nitrogens with one attached hydrogen (secondary N) is 2. The molecule has 0 saturated heterocycles. The minimum Gasteiger partial charge on any atom is -0.262 e. The van der Waals surface area contributed by atoms with Gasteiger partial charge in [-0.15, -0.1) is 0 Å². The monoisotopic (exact) mass is 378 g/mol. The molecule has 28 heavy (non-hydrogen) atoms. The van der Waals surface area contributed by atoms with Crippen molar-refractivity contribution in [2.24, 2.45) is 22.0 Å². The van der Waals surface area contributed by atoms with Crippen LogP contribution in [0.25, 0.3) is 0 Å². The van der Waals surface area contributed by atoms with Crippen LogP contribution < -0.4 is 10.9 Å². The second-order valence-electron chi connectivity index (χ2n) is 6.92. The van der Waals surface area contributed by atoms with E-state index in [0.29, 0.717) is 11.4 Å². The second kappa shape index (κ2) is 10.2. The first-order chi connectivity index (χ1) is 13.4. The minimum absolute atomic E-state index is 0.0782. The molecule has 2 aromatic rings. The summed E-state index contributed by atoms with van der Waals surface area (Å²) in [4.78, 5) is 24.2. The van der Waals surface area contributed by atoms with Gasteiger partial charge in [-0.05, 0) is 23.0 Å². The van der Waals surface area contributed by atoms with Crippen LogP contribution in [-0.2, 0) is 9.59 Å². The second-order valence-corrected chi connectivity index (χ2v) is 6.92. The van der Waals surface area contributed by atoms with Gasteiger partial charge in [0.05, 0.1) is 11.4 Å². The highest BCUT2D eigenvalue weighted by Gasteiger charge is 2.16. The van der Waals surface area contributed by atoms with Crippen molar-refractivity contribution in [2.75, 3.05) is 0 Å². The van der Waals surface area contributed by atoms with Crippen molar-refractivity contribution in [3.05, 3.63) is 71.8 Å². The molecule has 2 rings (SSSR count). The summed E-state index contributed by atoms with van der Waals surface area (Å²) in [5.41, 5.74) is 7.81. The zero-order chi connectivity index (χ0) is 20.5. The quantitative estimate of drug-likeness (QED) is 0.459. The molecule has 0 aliphatic rings. The molecule has 0 fully saturated rings. The standard InChI is InChI=1S/C22H26N4O2/c1-15(2)19(17-11-7-5-8-12-17)23-25-21(27)22(28)26-24-20(16(3)4)18-13-9-6-10-14-18/h5-16H,1-4H3,(H,25,27)(H,26,28). The van der Waals surface area contributed by atoms with Crippen molar-refractivity contribution < 1.29 is 9.59 Å². The Labute approximate surface area is 165 Å². The summed E-state index contributed by atoms with van der Waals surface area (Å²) in [6.07, 6.45) is 0. The summed E-state index contributed by atoms with van der Waals surface area (Å²) < 4.78 is 0. The molecule has 0 aliphatic carbocycles. The number of carbonyl (C=O) groups excluding carboxylic acids is 2. The molecule has 0 atom stereocenters. The predicted octanol–water partition coefficient (Wildman–Crippen LogP) is 3.34. The maximum Gasteiger partial charge on any atom is 0.331 e. The Bertz CT molecular complexity index is 783. The van der Waals surface area contributed by atoms with Gasteiger partial charge in [-0.1, -0.05) is 88.4 Å². The van der Waals surface area contributed by atoms with Crippen molar-refractivity contribution in [3.63, 3.8) is 0 Å². The highest BCUT2D eigenvalue weighted by Crippen LogP contribution is 2.10. The molecule has 0 heterocycles. The lowest BCUT2D eigenvalue weighted by Crippen LogP contribution is -2.37. The molecule has 2 amide bonds. The summed E-state index contributed by atoms with van der Waals surface area (Å²) in [5.74, 6) is -1.58. The average Bonchev–Trinajstić information content (AvgIpc) is 2.69. The molecule has 0 saturated carbocycles. The van der Waals surface area contributed by atoms with Crippen LogP contribution in [0, 0.1) is 11.8 Å². The number of hydrazone groups is 2. The number of rotatable bonds is 6. The fraction of sp³-hybridized carbons (Fsp3) is 0.273. The number of nitrogens with zero attached hydrogens (tertiary/aromatic N) is 2. The lowest BCUT2D eigenvalue weighted by Gasteiger charge is -2.11. The highest BCUT2D eigenvalue weighted by molar-refractivity contribution is 6.35. The van der Waals surface area contributed by atoms with Crippen LogP contribution in [0.2, 0.25) is 0 Å². The zero-order valence-corrected chi connectivity index (χ0v) is 16.6. The Morgan fingerprint density at radius 3 is 1.25 bits per heavy atom. The van der Waals surface area contributed by atoms with E-state index in [-0.39, 0.29) is 11.8 Å². The van der Waals surface area contributed by atoms with Crippen LogP contribution >= 0.6 is 0 Å². The van der Waals surface area contributed by atoms with Crippen molar-refractivity contribution >= 4 is 23.2 Å². The van der Waals surface area contributed by atoms with Crippen LogP contribution in [-0.4, -0.2) is 23.2 Å². The molecule has 0 aliphatic heterocycles. The van der Waals surface area contributed by atoms with Gasteiger partial charge < -0.3 is 0 Å². The van der Waals surface area contributed by atoms with E-state index in [1.807, 2.05) is 88.4 Å². The third-order valence-corrected chi connectivity index (χ3v) is 3.99. The first-order valence-corrected chi connectivity index (χ1v) is 9.26. The summed E-state index contributed by atoms with van der Waals surface area (Å²) >= 11 is 0. The van der Waals surface area contributed by atoms with Crippen LogP contribution in [0.15, 0.2) is 70.9 Å². The summed E-state index contributed by atoms with van der Waals surface area (Å²) in [5, 5.41) is 8.29. The van der Waals surface area contributed by atoms with Crippen LogP contribution in [0.4, 0.5) is 0 Å². The van der Waals surface area contributed by atoms with Crippen molar-refractivity contribution in [1.29, 1.82) is 0 Å². The molecule has 0 unspecified atom stereocenters. The Kier molecular flexibility index (Phi) is 7.63. The van der Waals surface area contributed by atoms with Gasteiger partial charge in [-0.25, -0.2) is 10.9 Å². The minimum atomic E-state index is -0.867. The molecule has 0 spiro atoms. The molecule has 0 aromatic heterocycles. The van der Waals surface area contributed by atoms with Crippen LogP contribution in [0.5, 0.6) is 0 Å². The van der Waals surface area contributed by atoms with Gasteiger partial charge in [0.1, 0.15) is 0 Å². The largest absolute Gasteiger partial charge is 0.331 e. The third kappa shape index (κ3) is 5.87. The fourth-order valence-electron chi connectivity index (χ4n) is 2.60. The molecule has 0 radical (unpaired) electrons. The smallest absolute Gasteiger partial charge is 0.262 e. The summed E-state index contributed by atoms with van der Waals surface area (Å²) in [6, 6.07) is 19.0. The summed E-state index contributed by atoms with van der Waals surface area (Å²) in [6.45, 7) is 7.88. The molecule has 2 N–H and O–H groups in total. The highest BCUT2D eigenvalue weighted by atomic mass is 16.2. The third-order valence-electron chi connectivity index (χ3n) is 3.99. The van der Waals surface area contributed by atoms with Gasteiger partial charge in [0.2, 0.25) is 0 Å². The van der Waals surface area contributed by atoms with E-state index in [1.54, 1.807) is 0 Å². The molecule has 6 heteroatoms. The van der Waals surface area contributed by atoms with Crippen LogP contribution in [0.3, 0.4) is 0 Å². The predicted molar refractivity (Wildman–Crippen MR) is 112 cm³/mol. The maximum absolute atomic E-state index is 12.1.